The number of anilines is 1. The third-order valence-corrected chi connectivity index (χ3v) is 7.06. The molecule has 0 spiro atoms. The number of hydrogen-bond donors (Lipinski definition) is 1. The number of benzene rings is 2. The van der Waals surface area contributed by atoms with Crippen molar-refractivity contribution in [2.75, 3.05) is 23.7 Å². The van der Waals surface area contributed by atoms with E-state index in [9.17, 15) is 31.2 Å². The molecular weight excluding hydrogens is 543 g/mol. The molecule has 12 heteroatoms. The van der Waals surface area contributed by atoms with Gasteiger partial charge in [-0.25, -0.2) is 8.42 Å². The lowest BCUT2D eigenvalue weighted by molar-refractivity contribution is -0.140. The van der Waals surface area contributed by atoms with Gasteiger partial charge < -0.3 is 10.2 Å². The van der Waals surface area contributed by atoms with E-state index in [0.29, 0.717) is 16.8 Å². The second-order valence-corrected chi connectivity index (χ2v) is 12.2. The van der Waals surface area contributed by atoms with Crippen LogP contribution in [0.25, 0.3) is 0 Å². The number of carbonyl (C=O) groups is 2. The zero-order valence-electron chi connectivity index (χ0n) is 22.0. The summed E-state index contributed by atoms with van der Waals surface area (Å²) in [7, 11) is -4.20. The molecule has 210 valence electrons. The standard InChI is InChI=1S/C26H33ClF3N3O4S/c1-6-22(24(35)31-25(2,3)4)32(15-14-18-10-8-7-9-11-18)23(34)17-33(38(5,36)37)19-12-13-21(27)20(16-19)26(28,29)30/h7-13,16,22H,6,14-15,17H2,1-5H3,(H,31,35)/t22-/m1/s1. The summed E-state index contributed by atoms with van der Waals surface area (Å²) in [5, 5.41) is 2.24. The first-order valence-electron chi connectivity index (χ1n) is 11.9. The van der Waals surface area contributed by atoms with E-state index in [1.807, 2.05) is 30.3 Å². The minimum Gasteiger partial charge on any atom is -0.350 e. The fourth-order valence-electron chi connectivity index (χ4n) is 3.85. The predicted molar refractivity (Wildman–Crippen MR) is 142 cm³/mol. The van der Waals surface area contributed by atoms with Crippen LogP contribution >= 0.6 is 11.6 Å². The average Bonchev–Trinajstić information content (AvgIpc) is 2.78. The first kappa shape index (κ1) is 31.4. The van der Waals surface area contributed by atoms with Gasteiger partial charge in [-0.2, -0.15) is 13.2 Å². The largest absolute Gasteiger partial charge is 0.417 e. The van der Waals surface area contributed by atoms with Crippen LogP contribution in [0, 0.1) is 0 Å². The van der Waals surface area contributed by atoms with Gasteiger partial charge in [0.1, 0.15) is 12.6 Å². The van der Waals surface area contributed by atoms with Crippen LogP contribution in [-0.4, -0.2) is 56.1 Å². The number of alkyl halides is 3. The van der Waals surface area contributed by atoms with Crippen molar-refractivity contribution in [2.24, 2.45) is 0 Å². The van der Waals surface area contributed by atoms with Gasteiger partial charge in [-0.15, -0.1) is 0 Å². The van der Waals surface area contributed by atoms with E-state index in [-0.39, 0.29) is 18.7 Å². The Morgan fingerprint density at radius 3 is 2.16 bits per heavy atom. The van der Waals surface area contributed by atoms with Crippen LogP contribution in [0.2, 0.25) is 5.02 Å². The summed E-state index contributed by atoms with van der Waals surface area (Å²) in [6.45, 7) is 6.38. The fraction of sp³-hybridized carbons (Fsp3) is 0.462. The highest BCUT2D eigenvalue weighted by atomic mass is 35.5. The van der Waals surface area contributed by atoms with Crippen LogP contribution in [0.4, 0.5) is 18.9 Å². The van der Waals surface area contributed by atoms with Crippen molar-refractivity contribution in [1.29, 1.82) is 0 Å². The molecular formula is C26H33ClF3N3O4S. The van der Waals surface area contributed by atoms with Gasteiger partial charge in [0.05, 0.1) is 22.5 Å². The highest BCUT2D eigenvalue weighted by molar-refractivity contribution is 7.92. The Labute approximate surface area is 227 Å². The Hall–Kier alpha value is -2.79. The van der Waals surface area contributed by atoms with Gasteiger partial charge in [0.2, 0.25) is 21.8 Å². The summed E-state index contributed by atoms with van der Waals surface area (Å²) in [6, 6.07) is 10.9. The molecule has 0 radical (unpaired) electrons. The number of halogens is 4. The minimum atomic E-state index is -4.83. The summed E-state index contributed by atoms with van der Waals surface area (Å²) >= 11 is 5.70. The lowest BCUT2D eigenvalue weighted by Gasteiger charge is -2.34. The van der Waals surface area contributed by atoms with Gasteiger partial charge in [-0.1, -0.05) is 48.9 Å². The lowest BCUT2D eigenvalue weighted by Crippen LogP contribution is -2.56. The van der Waals surface area contributed by atoms with Gasteiger partial charge >= 0.3 is 6.18 Å². The summed E-state index contributed by atoms with van der Waals surface area (Å²) < 4.78 is 66.2. The molecule has 7 nitrogen and oxygen atoms in total. The van der Waals surface area contributed by atoms with Crippen LogP contribution in [0.1, 0.15) is 45.2 Å². The molecule has 0 aliphatic carbocycles. The van der Waals surface area contributed by atoms with Gasteiger partial charge in [0, 0.05) is 12.1 Å². The third kappa shape index (κ3) is 8.90. The molecule has 0 saturated heterocycles. The van der Waals surface area contributed by atoms with E-state index in [0.717, 1.165) is 24.0 Å². The molecule has 0 bridgehead atoms. The summed E-state index contributed by atoms with van der Waals surface area (Å²) in [6.07, 6.45) is -3.43. The van der Waals surface area contributed by atoms with Crippen LogP contribution in [0.3, 0.4) is 0 Å². The molecule has 0 saturated carbocycles. The molecule has 2 aromatic rings. The molecule has 0 heterocycles. The van der Waals surface area contributed by atoms with Gasteiger partial charge in [0.15, 0.2) is 0 Å². The Morgan fingerprint density at radius 2 is 1.66 bits per heavy atom. The lowest BCUT2D eigenvalue weighted by atomic mass is 10.1. The number of carbonyl (C=O) groups excluding carboxylic acids is 2. The molecule has 0 aliphatic heterocycles. The van der Waals surface area contributed by atoms with E-state index in [1.54, 1.807) is 27.7 Å². The van der Waals surface area contributed by atoms with Crippen LogP contribution < -0.4 is 9.62 Å². The predicted octanol–water partition coefficient (Wildman–Crippen LogP) is 4.89. The zero-order chi connectivity index (χ0) is 28.9. The maximum atomic E-state index is 13.6. The summed E-state index contributed by atoms with van der Waals surface area (Å²) in [5.41, 5.74) is -1.29. The highest BCUT2D eigenvalue weighted by Crippen LogP contribution is 2.37. The van der Waals surface area contributed by atoms with Crippen molar-refractivity contribution in [3.63, 3.8) is 0 Å². The fourth-order valence-corrected chi connectivity index (χ4v) is 4.91. The zero-order valence-corrected chi connectivity index (χ0v) is 23.5. The van der Waals surface area contributed by atoms with Crippen LogP contribution in [-0.2, 0) is 32.2 Å². The Balaban J connectivity index is 2.47. The second-order valence-electron chi connectivity index (χ2n) is 9.92. The average molecular weight is 576 g/mol. The van der Waals surface area contributed by atoms with Gasteiger partial charge in [-0.05, 0) is 57.4 Å². The Bertz CT molecular complexity index is 1230. The monoisotopic (exact) mass is 575 g/mol. The number of nitrogens with zero attached hydrogens (tertiary/aromatic N) is 2. The van der Waals surface area contributed by atoms with Crippen LogP contribution in [0.15, 0.2) is 48.5 Å². The third-order valence-electron chi connectivity index (χ3n) is 5.59. The molecule has 2 rings (SSSR count). The van der Waals surface area contributed by atoms with Crippen molar-refractivity contribution in [3.05, 3.63) is 64.7 Å². The molecule has 2 aromatic carbocycles. The minimum absolute atomic E-state index is 0.0882. The van der Waals surface area contributed by atoms with Gasteiger partial charge in [-0.3, -0.25) is 13.9 Å². The van der Waals surface area contributed by atoms with Crippen molar-refractivity contribution in [2.45, 2.75) is 58.3 Å². The number of nitrogens with one attached hydrogen (secondary N) is 1. The van der Waals surface area contributed by atoms with E-state index < -0.39 is 56.7 Å². The maximum Gasteiger partial charge on any atom is 0.417 e. The quantitative estimate of drug-likeness (QED) is 0.437. The second kappa shape index (κ2) is 12.4. The first-order chi connectivity index (χ1) is 17.4. The molecule has 0 unspecified atom stereocenters. The number of sulfonamides is 1. The normalized spacial score (nSPS) is 13.1. The molecule has 0 fully saturated rings. The molecule has 0 aromatic heterocycles. The van der Waals surface area contributed by atoms with Crippen molar-refractivity contribution < 1.29 is 31.2 Å². The number of rotatable bonds is 10. The molecule has 1 N–H and O–H groups in total. The SMILES string of the molecule is CC[C@H](C(=O)NC(C)(C)C)N(CCc1ccccc1)C(=O)CN(c1ccc(Cl)c(C(F)(F)F)c1)S(C)(=O)=O. The molecule has 38 heavy (non-hydrogen) atoms. The maximum absolute atomic E-state index is 13.6. The summed E-state index contributed by atoms with van der Waals surface area (Å²) in [4.78, 5) is 28.0. The number of hydrogen-bond acceptors (Lipinski definition) is 4. The van der Waals surface area contributed by atoms with Crippen LogP contribution in [0.5, 0.6) is 0 Å². The highest BCUT2D eigenvalue weighted by Gasteiger charge is 2.36. The van der Waals surface area contributed by atoms with Crippen molar-refractivity contribution >= 4 is 39.1 Å². The Kier molecular flexibility index (Phi) is 10.2. The topological polar surface area (TPSA) is 86.8 Å². The first-order valence-corrected chi connectivity index (χ1v) is 14.2. The molecule has 1 atom stereocenters. The number of amides is 2. The van der Waals surface area contributed by atoms with E-state index in [2.05, 4.69) is 5.32 Å². The van der Waals surface area contributed by atoms with Crippen molar-refractivity contribution in [3.8, 4) is 0 Å². The van der Waals surface area contributed by atoms with E-state index in [4.69, 9.17) is 11.6 Å². The van der Waals surface area contributed by atoms with E-state index in [1.165, 1.54) is 4.90 Å². The summed E-state index contributed by atoms with van der Waals surface area (Å²) in [5.74, 6) is -1.15. The Morgan fingerprint density at radius 1 is 1.05 bits per heavy atom. The van der Waals surface area contributed by atoms with Crippen molar-refractivity contribution in [1.82, 2.24) is 10.2 Å². The molecule has 2 amide bonds. The van der Waals surface area contributed by atoms with E-state index >= 15 is 0 Å². The molecule has 0 aliphatic rings. The smallest absolute Gasteiger partial charge is 0.350 e. The van der Waals surface area contributed by atoms with Gasteiger partial charge in [0.25, 0.3) is 0 Å².